The molecule has 4 rings (SSSR count). The maximum absolute atomic E-state index is 11.1. The maximum atomic E-state index is 11.1. The molecule has 28 heavy (non-hydrogen) atoms. The molecule has 0 bridgehead atoms. The monoisotopic (exact) mass is 382 g/mol. The smallest absolute Gasteiger partial charge is 0.306 e. The summed E-state index contributed by atoms with van der Waals surface area (Å²) in [4.78, 5) is 18.2. The topological polar surface area (TPSA) is 62.7 Å². The number of ether oxygens (including phenoxy) is 1. The highest BCUT2D eigenvalue weighted by molar-refractivity contribution is 5.80. The van der Waals surface area contributed by atoms with E-state index in [0.29, 0.717) is 6.10 Å². The van der Waals surface area contributed by atoms with Crippen LogP contribution in [0.5, 0.6) is 5.75 Å². The summed E-state index contributed by atoms with van der Waals surface area (Å²) in [5, 5.41) is 10.2. The second-order valence-electron chi connectivity index (χ2n) is 8.55. The van der Waals surface area contributed by atoms with E-state index in [9.17, 15) is 4.79 Å². The van der Waals surface area contributed by atoms with Crippen LogP contribution in [0.15, 0.2) is 30.3 Å². The maximum Gasteiger partial charge on any atom is 0.306 e. The van der Waals surface area contributed by atoms with Crippen molar-refractivity contribution in [2.75, 3.05) is 13.1 Å². The van der Waals surface area contributed by atoms with Crippen molar-refractivity contribution in [2.24, 2.45) is 11.8 Å². The van der Waals surface area contributed by atoms with Gasteiger partial charge in [-0.1, -0.05) is 13.0 Å². The van der Waals surface area contributed by atoms with Crippen molar-refractivity contribution in [3.05, 3.63) is 36.0 Å². The predicted octanol–water partition coefficient (Wildman–Crippen LogP) is 4.49. The van der Waals surface area contributed by atoms with Crippen LogP contribution >= 0.6 is 0 Å². The highest BCUT2D eigenvalue weighted by Crippen LogP contribution is 2.29. The Balaban J connectivity index is 1.37. The van der Waals surface area contributed by atoms with Crippen molar-refractivity contribution in [2.45, 2.75) is 58.1 Å². The molecule has 0 amide bonds. The first-order chi connectivity index (χ1) is 13.6. The molecule has 2 aliphatic rings. The van der Waals surface area contributed by atoms with Crippen molar-refractivity contribution in [3.8, 4) is 5.75 Å². The summed E-state index contributed by atoms with van der Waals surface area (Å²) >= 11 is 0. The molecule has 150 valence electrons. The van der Waals surface area contributed by atoms with E-state index in [1.807, 2.05) is 6.07 Å². The van der Waals surface area contributed by atoms with E-state index < -0.39 is 5.97 Å². The van der Waals surface area contributed by atoms with Crippen LogP contribution in [0.25, 0.3) is 10.9 Å². The molecule has 2 aromatic rings. The second-order valence-corrected chi connectivity index (χ2v) is 8.55. The molecule has 0 spiro atoms. The first-order valence-electron chi connectivity index (χ1n) is 10.6. The zero-order valence-corrected chi connectivity index (χ0v) is 16.6. The Morgan fingerprint density at radius 3 is 2.57 bits per heavy atom. The van der Waals surface area contributed by atoms with Crippen LogP contribution in [0.1, 0.15) is 51.1 Å². The third kappa shape index (κ3) is 4.64. The molecule has 2 fully saturated rings. The van der Waals surface area contributed by atoms with Crippen LogP contribution < -0.4 is 4.74 Å². The predicted molar refractivity (Wildman–Crippen MR) is 109 cm³/mol. The van der Waals surface area contributed by atoms with Gasteiger partial charge in [0.05, 0.1) is 23.2 Å². The average Bonchev–Trinajstić information content (AvgIpc) is 2.70. The molecule has 1 aliphatic heterocycles. The Bertz CT molecular complexity index is 822. The first-order valence-corrected chi connectivity index (χ1v) is 10.6. The number of hydrogen-bond donors (Lipinski definition) is 1. The third-order valence-corrected chi connectivity index (χ3v) is 6.31. The number of benzene rings is 1. The van der Waals surface area contributed by atoms with Crippen LogP contribution in [-0.4, -0.2) is 40.2 Å². The molecule has 0 unspecified atom stereocenters. The number of aromatic nitrogens is 1. The van der Waals surface area contributed by atoms with Crippen LogP contribution in [0.2, 0.25) is 0 Å². The highest BCUT2D eigenvalue weighted by atomic mass is 16.5. The van der Waals surface area contributed by atoms with Gasteiger partial charge >= 0.3 is 5.97 Å². The van der Waals surface area contributed by atoms with Gasteiger partial charge in [0.2, 0.25) is 0 Å². The minimum Gasteiger partial charge on any atom is -0.490 e. The van der Waals surface area contributed by atoms with Gasteiger partial charge in [-0.15, -0.1) is 0 Å². The lowest BCUT2D eigenvalue weighted by Crippen LogP contribution is -2.36. The largest absolute Gasteiger partial charge is 0.490 e. The number of carboxylic acid groups (broad SMARTS) is 1. The van der Waals surface area contributed by atoms with Crippen molar-refractivity contribution in [3.63, 3.8) is 0 Å². The fourth-order valence-electron chi connectivity index (χ4n) is 4.41. The summed E-state index contributed by atoms with van der Waals surface area (Å²) in [7, 11) is 0. The fraction of sp³-hybridized carbons (Fsp3) is 0.565. The van der Waals surface area contributed by atoms with Gasteiger partial charge in [-0.05, 0) is 81.8 Å². The van der Waals surface area contributed by atoms with Gasteiger partial charge < -0.3 is 9.84 Å². The molecular formula is C23H30N2O3. The van der Waals surface area contributed by atoms with Crippen molar-refractivity contribution >= 4 is 16.9 Å². The number of piperidine rings is 1. The molecular weight excluding hydrogens is 352 g/mol. The fourth-order valence-corrected chi connectivity index (χ4v) is 4.41. The standard InChI is InChI=1S/C23H30N2O3/c1-16-2-6-20(7-3-16)28-21-8-9-22-18(14-21)4-5-19(24-22)15-25-12-10-17(11-13-25)23(26)27/h4-5,8-9,14,16-17,20H,2-3,6-7,10-13,15H2,1H3,(H,26,27). The zero-order chi connectivity index (χ0) is 19.5. The Morgan fingerprint density at radius 1 is 1.11 bits per heavy atom. The highest BCUT2D eigenvalue weighted by Gasteiger charge is 2.24. The van der Waals surface area contributed by atoms with Crippen LogP contribution in [0, 0.1) is 11.8 Å². The summed E-state index contributed by atoms with van der Waals surface area (Å²) in [5.74, 6) is 0.919. The number of pyridine rings is 1. The molecule has 1 aromatic heterocycles. The van der Waals surface area contributed by atoms with Gasteiger partial charge in [-0.3, -0.25) is 14.7 Å². The number of likely N-dealkylation sites (tertiary alicyclic amines) is 1. The minimum absolute atomic E-state index is 0.188. The van der Waals surface area contributed by atoms with Crippen molar-refractivity contribution in [1.82, 2.24) is 9.88 Å². The summed E-state index contributed by atoms with van der Waals surface area (Å²) in [6.07, 6.45) is 6.60. The average molecular weight is 383 g/mol. The van der Waals surface area contributed by atoms with Crippen LogP contribution in [0.4, 0.5) is 0 Å². The molecule has 5 nitrogen and oxygen atoms in total. The van der Waals surface area contributed by atoms with Gasteiger partial charge in [0.25, 0.3) is 0 Å². The summed E-state index contributed by atoms with van der Waals surface area (Å²) in [6, 6.07) is 10.4. The van der Waals surface area contributed by atoms with E-state index in [-0.39, 0.29) is 5.92 Å². The quantitative estimate of drug-likeness (QED) is 0.825. The van der Waals surface area contributed by atoms with Gasteiger partial charge in [-0.2, -0.15) is 0 Å². The molecule has 0 radical (unpaired) electrons. The SMILES string of the molecule is CC1CCC(Oc2ccc3nc(CN4CCC(C(=O)O)CC4)ccc3c2)CC1. The van der Waals surface area contributed by atoms with E-state index in [1.165, 1.54) is 12.8 Å². The molecule has 0 atom stereocenters. The number of carboxylic acids is 1. The van der Waals surface area contributed by atoms with E-state index in [2.05, 4.69) is 36.1 Å². The Kier molecular flexibility index (Phi) is 5.81. The first kappa shape index (κ1) is 19.2. The number of hydrogen-bond acceptors (Lipinski definition) is 4. The number of aliphatic carboxylic acids is 1. The summed E-state index contributed by atoms with van der Waals surface area (Å²) in [6.45, 7) is 4.75. The van der Waals surface area contributed by atoms with Gasteiger partial charge in [0.1, 0.15) is 5.75 Å². The molecule has 1 saturated heterocycles. The summed E-state index contributed by atoms with van der Waals surface area (Å²) in [5.41, 5.74) is 2.03. The number of carbonyl (C=O) groups is 1. The summed E-state index contributed by atoms with van der Waals surface area (Å²) < 4.78 is 6.21. The van der Waals surface area contributed by atoms with Crippen molar-refractivity contribution in [1.29, 1.82) is 0 Å². The van der Waals surface area contributed by atoms with E-state index in [4.69, 9.17) is 14.8 Å². The van der Waals surface area contributed by atoms with Crippen LogP contribution in [0.3, 0.4) is 0 Å². The normalized spacial score (nSPS) is 24.3. The number of fused-ring (bicyclic) bond motifs is 1. The lowest BCUT2D eigenvalue weighted by atomic mass is 9.89. The van der Waals surface area contributed by atoms with Gasteiger partial charge in [0.15, 0.2) is 0 Å². The minimum atomic E-state index is -0.663. The molecule has 1 saturated carbocycles. The molecule has 1 aromatic carbocycles. The molecule has 5 heteroatoms. The third-order valence-electron chi connectivity index (χ3n) is 6.31. The number of rotatable bonds is 5. The van der Waals surface area contributed by atoms with E-state index >= 15 is 0 Å². The zero-order valence-electron chi connectivity index (χ0n) is 16.6. The number of nitrogens with zero attached hydrogens (tertiary/aromatic N) is 2. The van der Waals surface area contributed by atoms with Gasteiger partial charge in [-0.25, -0.2) is 0 Å². The Hall–Kier alpha value is -2.14. The second kappa shape index (κ2) is 8.48. The molecule has 2 heterocycles. The van der Waals surface area contributed by atoms with Crippen LogP contribution in [-0.2, 0) is 11.3 Å². The van der Waals surface area contributed by atoms with E-state index in [0.717, 1.165) is 73.6 Å². The van der Waals surface area contributed by atoms with Crippen molar-refractivity contribution < 1.29 is 14.6 Å². The molecule has 1 N–H and O–H groups in total. The Morgan fingerprint density at radius 2 is 1.86 bits per heavy atom. The Labute approximate surface area is 166 Å². The lowest BCUT2D eigenvalue weighted by molar-refractivity contribution is -0.143. The molecule has 1 aliphatic carbocycles. The lowest BCUT2D eigenvalue weighted by Gasteiger charge is -2.29. The van der Waals surface area contributed by atoms with E-state index in [1.54, 1.807) is 0 Å². The van der Waals surface area contributed by atoms with Gasteiger partial charge in [0, 0.05) is 11.9 Å².